The Morgan fingerprint density at radius 3 is 2.50 bits per heavy atom. The highest BCUT2D eigenvalue weighted by Gasteiger charge is 2.13. The van der Waals surface area contributed by atoms with Crippen LogP contribution in [0.15, 0.2) is 12.7 Å². The molecule has 0 aromatic carbocycles. The zero-order valence-electron chi connectivity index (χ0n) is 5.60. The predicted octanol–water partition coefficient (Wildman–Crippen LogP) is -1.14. The maximum absolute atomic E-state index is 8.77. The van der Waals surface area contributed by atoms with Crippen LogP contribution in [-0.2, 0) is 4.74 Å². The normalized spacial score (nSPS) is 16.3. The lowest BCUT2D eigenvalue weighted by Gasteiger charge is -2.14. The van der Waals surface area contributed by atoms with E-state index in [0.29, 0.717) is 0 Å². The van der Waals surface area contributed by atoms with E-state index in [1.54, 1.807) is 0 Å². The number of hydrogen-bond donors (Lipinski definition) is 3. The zero-order chi connectivity index (χ0) is 7.98. The Balaban J connectivity index is 3.40. The molecular weight excluding hydrogens is 136 g/mol. The molecule has 3 N–H and O–H groups in total. The average molecular weight is 148 g/mol. The molecule has 0 heterocycles. The van der Waals surface area contributed by atoms with Crippen molar-refractivity contribution in [1.82, 2.24) is 0 Å². The van der Waals surface area contributed by atoms with E-state index in [9.17, 15) is 0 Å². The largest absolute Gasteiger partial charge is 0.393 e. The summed E-state index contributed by atoms with van der Waals surface area (Å²) in [5.74, 6) is 0. The number of aliphatic hydroxyl groups is 3. The minimum Gasteiger partial charge on any atom is -0.393 e. The maximum atomic E-state index is 8.77. The average Bonchev–Trinajstić information content (AvgIpc) is 1.98. The third kappa shape index (κ3) is 3.58. The van der Waals surface area contributed by atoms with Gasteiger partial charge in [0.25, 0.3) is 0 Å². The van der Waals surface area contributed by atoms with Crippen molar-refractivity contribution in [3.63, 3.8) is 0 Å². The van der Waals surface area contributed by atoms with Crippen LogP contribution in [0.5, 0.6) is 0 Å². The molecule has 2 atom stereocenters. The second-order valence-electron chi connectivity index (χ2n) is 1.76. The topological polar surface area (TPSA) is 69.9 Å². The highest BCUT2D eigenvalue weighted by Crippen LogP contribution is 1.93. The molecule has 0 rings (SSSR count). The first kappa shape index (κ1) is 9.58. The van der Waals surface area contributed by atoms with E-state index >= 15 is 0 Å². The van der Waals surface area contributed by atoms with Crippen LogP contribution in [0.25, 0.3) is 0 Å². The van der Waals surface area contributed by atoms with E-state index in [2.05, 4.69) is 11.3 Å². The van der Waals surface area contributed by atoms with Crippen molar-refractivity contribution in [2.24, 2.45) is 0 Å². The van der Waals surface area contributed by atoms with Crippen molar-refractivity contribution >= 4 is 0 Å². The van der Waals surface area contributed by atoms with Gasteiger partial charge in [-0.1, -0.05) is 6.08 Å². The van der Waals surface area contributed by atoms with Crippen LogP contribution < -0.4 is 0 Å². The lowest BCUT2D eigenvalue weighted by molar-refractivity contribution is -0.164. The molecule has 0 aliphatic rings. The Morgan fingerprint density at radius 2 is 2.10 bits per heavy atom. The zero-order valence-corrected chi connectivity index (χ0v) is 5.60. The third-order valence-corrected chi connectivity index (χ3v) is 0.901. The van der Waals surface area contributed by atoms with Crippen molar-refractivity contribution in [3.8, 4) is 0 Å². The molecule has 0 aromatic rings. The summed E-state index contributed by atoms with van der Waals surface area (Å²) in [6, 6.07) is 0. The lowest BCUT2D eigenvalue weighted by atomic mass is 10.4. The highest BCUT2D eigenvalue weighted by molar-refractivity contribution is 4.66. The molecule has 10 heavy (non-hydrogen) atoms. The molecule has 60 valence electrons. The molecule has 0 aliphatic carbocycles. The summed E-state index contributed by atoms with van der Waals surface area (Å²) in [6.45, 7) is 2.97. The smallest absolute Gasteiger partial charge is 0.183 e. The van der Waals surface area contributed by atoms with Gasteiger partial charge in [-0.15, -0.1) is 6.58 Å². The fourth-order valence-corrected chi connectivity index (χ4v) is 0.368. The molecular formula is C6H12O4. The van der Waals surface area contributed by atoms with Crippen LogP contribution in [0.3, 0.4) is 0 Å². The van der Waals surface area contributed by atoms with Crippen LogP contribution in [-0.4, -0.2) is 40.9 Å². The summed E-state index contributed by atoms with van der Waals surface area (Å²) in [7, 11) is 0. The van der Waals surface area contributed by atoms with E-state index in [0.717, 1.165) is 0 Å². The van der Waals surface area contributed by atoms with Crippen molar-refractivity contribution in [2.45, 2.75) is 12.4 Å². The number of ether oxygens (including phenoxy) is 1. The molecule has 0 spiro atoms. The van der Waals surface area contributed by atoms with Gasteiger partial charge in [0.1, 0.15) is 6.10 Å². The second-order valence-corrected chi connectivity index (χ2v) is 1.76. The predicted molar refractivity (Wildman–Crippen MR) is 35.2 cm³/mol. The molecule has 0 saturated heterocycles. The van der Waals surface area contributed by atoms with E-state index in [1.165, 1.54) is 6.08 Å². The number of rotatable bonds is 5. The minimum atomic E-state index is -1.33. The van der Waals surface area contributed by atoms with Crippen LogP contribution >= 0.6 is 0 Å². The highest BCUT2D eigenvalue weighted by atomic mass is 16.6. The van der Waals surface area contributed by atoms with Gasteiger partial charge < -0.3 is 20.1 Å². The van der Waals surface area contributed by atoms with E-state index in [1.807, 2.05) is 0 Å². The summed E-state index contributed by atoms with van der Waals surface area (Å²) in [4.78, 5) is 0. The fourth-order valence-electron chi connectivity index (χ4n) is 0.368. The van der Waals surface area contributed by atoms with Crippen molar-refractivity contribution < 1.29 is 20.1 Å². The molecule has 4 heteroatoms. The molecule has 0 radical (unpaired) electrons. The third-order valence-electron chi connectivity index (χ3n) is 0.901. The molecule has 0 amide bonds. The number of aliphatic hydroxyl groups excluding tert-OH is 3. The maximum Gasteiger partial charge on any atom is 0.183 e. The Bertz CT molecular complexity index is 93.7. The van der Waals surface area contributed by atoms with Gasteiger partial charge in [0.05, 0.1) is 13.2 Å². The molecule has 0 fully saturated rings. The molecule has 0 aliphatic heterocycles. The summed E-state index contributed by atoms with van der Waals surface area (Å²) in [6.07, 6.45) is -1.13. The van der Waals surface area contributed by atoms with Crippen molar-refractivity contribution in [1.29, 1.82) is 0 Å². The molecule has 0 bridgehead atoms. The molecule has 0 aromatic heterocycles. The summed E-state index contributed by atoms with van der Waals surface area (Å²) >= 11 is 0. The summed E-state index contributed by atoms with van der Waals surface area (Å²) in [5, 5.41) is 25.8. The Hall–Kier alpha value is -0.420. The van der Waals surface area contributed by atoms with Gasteiger partial charge in [0, 0.05) is 0 Å². The van der Waals surface area contributed by atoms with E-state index < -0.39 is 19.0 Å². The lowest BCUT2D eigenvalue weighted by Crippen LogP contribution is -2.31. The van der Waals surface area contributed by atoms with E-state index in [4.69, 9.17) is 15.3 Å². The van der Waals surface area contributed by atoms with Crippen LogP contribution in [0.1, 0.15) is 0 Å². The van der Waals surface area contributed by atoms with Crippen molar-refractivity contribution in [3.05, 3.63) is 12.7 Å². The van der Waals surface area contributed by atoms with Gasteiger partial charge in [0.2, 0.25) is 0 Å². The van der Waals surface area contributed by atoms with Crippen LogP contribution in [0.4, 0.5) is 0 Å². The monoisotopic (exact) mass is 148 g/mol. The first-order valence-corrected chi connectivity index (χ1v) is 2.92. The summed E-state index contributed by atoms with van der Waals surface area (Å²) < 4.78 is 4.57. The van der Waals surface area contributed by atoms with Crippen LogP contribution in [0.2, 0.25) is 0 Å². The quantitative estimate of drug-likeness (QED) is 0.340. The van der Waals surface area contributed by atoms with Gasteiger partial charge in [-0.3, -0.25) is 0 Å². The Labute approximate surface area is 59.4 Å². The SMILES string of the molecule is C=CCOC(O)C(O)CO. The van der Waals surface area contributed by atoms with Gasteiger partial charge in [-0.2, -0.15) is 0 Å². The standard InChI is InChI=1S/C6H12O4/c1-2-3-10-6(9)5(8)4-7/h2,5-9H,1,3-4H2. The van der Waals surface area contributed by atoms with E-state index in [-0.39, 0.29) is 6.61 Å². The first-order chi connectivity index (χ1) is 4.72. The summed E-state index contributed by atoms with van der Waals surface area (Å²) in [5.41, 5.74) is 0. The van der Waals surface area contributed by atoms with Gasteiger partial charge >= 0.3 is 0 Å². The first-order valence-electron chi connectivity index (χ1n) is 2.92. The minimum absolute atomic E-state index is 0.151. The molecule has 2 unspecified atom stereocenters. The van der Waals surface area contributed by atoms with Gasteiger partial charge in [0.15, 0.2) is 6.29 Å². The number of hydrogen-bond acceptors (Lipinski definition) is 4. The fraction of sp³-hybridized carbons (Fsp3) is 0.667. The van der Waals surface area contributed by atoms with Crippen LogP contribution in [0, 0.1) is 0 Å². The van der Waals surface area contributed by atoms with Gasteiger partial charge in [-0.05, 0) is 0 Å². The Morgan fingerprint density at radius 1 is 1.50 bits per heavy atom. The molecule has 4 nitrogen and oxygen atoms in total. The van der Waals surface area contributed by atoms with Gasteiger partial charge in [-0.25, -0.2) is 0 Å². The molecule has 0 saturated carbocycles. The second kappa shape index (κ2) is 5.37. The van der Waals surface area contributed by atoms with Crippen molar-refractivity contribution in [2.75, 3.05) is 13.2 Å². The Kier molecular flexibility index (Phi) is 5.15.